The van der Waals surface area contributed by atoms with E-state index < -0.39 is 0 Å². The second-order valence-corrected chi connectivity index (χ2v) is 6.37. The minimum Gasteiger partial charge on any atom is -0.393 e. The fourth-order valence-corrected chi connectivity index (χ4v) is 3.51. The number of anilines is 1. The minimum atomic E-state index is -0.0872. The Morgan fingerprint density at radius 3 is 2.95 bits per heavy atom. The highest BCUT2D eigenvalue weighted by molar-refractivity contribution is 5.91. The van der Waals surface area contributed by atoms with E-state index in [0.717, 1.165) is 42.5 Å². The van der Waals surface area contributed by atoms with Gasteiger partial charge in [0.1, 0.15) is 12.1 Å². The molecule has 0 saturated heterocycles. The van der Waals surface area contributed by atoms with Crippen molar-refractivity contribution in [3.8, 4) is 0 Å². The van der Waals surface area contributed by atoms with Crippen LogP contribution in [0.4, 0.5) is 5.82 Å². The summed E-state index contributed by atoms with van der Waals surface area (Å²) >= 11 is 0. The summed E-state index contributed by atoms with van der Waals surface area (Å²) in [7, 11) is 0. The number of aryl methyl sites for hydroxylation is 1. The van der Waals surface area contributed by atoms with E-state index in [-0.39, 0.29) is 6.10 Å². The Morgan fingerprint density at radius 1 is 1.23 bits per heavy atom. The zero-order valence-corrected chi connectivity index (χ0v) is 13.3. The Kier molecular flexibility index (Phi) is 4.88. The van der Waals surface area contributed by atoms with Gasteiger partial charge in [0.25, 0.3) is 0 Å². The second kappa shape index (κ2) is 7.05. The van der Waals surface area contributed by atoms with E-state index in [2.05, 4.69) is 28.3 Å². The van der Waals surface area contributed by atoms with Crippen LogP contribution in [0.1, 0.15) is 44.1 Å². The molecule has 2 atom stereocenters. The molecule has 1 aromatic heterocycles. The monoisotopic (exact) mass is 299 g/mol. The Morgan fingerprint density at radius 2 is 2.09 bits per heavy atom. The molecule has 2 N–H and O–H groups in total. The van der Waals surface area contributed by atoms with Gasteiger partial charge in [-0.25, -0.2) is 9.97 Å². The van der Waals surface area contributed by atoms with Gasteiger partial charge < -0.3 is 10.4 Å². The van der Waals surface area contributed by atoms with E-state index in [1.54, 1.807) is 6.33 Å². The van der Waals surface area contributed by atoms with Gasteiger partial charge in [-0.3, -0.25) is 0 Å². The molecule has 1 aliphatic carbocycles. The van der Waals surface area contributed by atoms with E-state index >= 15 is 0 Å². The first-order valence-corrected chi connectivity index (χ1v) is 8.38. The molecular weight excluding hydrogens is 274 g/mol. The number of benzene rings is 1. The van der Waals surface area contributed by atoms with Gasteiger partial charge in [0.05, 0.1) is 11.6 Å². The van der Waals surface area contributed by atoms with Gasteiger partial charge in [0, 0.05) is 11.9 Å². The Labute approximate surface area is 132 Å². The summed E-state index contributed by atoms with van der Waals surface area (Å²) in [5.74, 6) is 1.41. The SMILES string of the molecule is Cc1cccc2ncnc(NCCCC3CCCCC3O)c12. The topological polar surface area (TPSA) is 58.0 Å². The molecule has 22 heavy (non-hydrogen) atoms. The number of rotatable bonds is 5. The molecule has 3 rings (SSSR count). The third-order valence-electron chi connectivity index (χ3n) is 4.78. The smallest absolute Gasteiger partial charge is 0.137 e. The van der Waals surface area contributed by atoms with Crippen molar-refractivity contribution >= 4 is 16.7 Å². The number of hydrogen-bond acceptors (Lipinski definition) is 4. The molecule has 2 unspecified atom stereocenters. The molecule has 1 fully saturated rings. The van der Waals surface area contributed by atoms with Gasteiger partial charge in [-0.15, -0.1) is 0 Å². The Hall–Kier alpha value is -1.68. The van der Waals surface area contributed by atoms with Crippen molar-refractivity contribution < 1.29 is 5.11 Å². The van der Waals surface area contributed by atoms with Crippen molar-refractivity contribution in [2.24, 2.45) is 5.92 Å². The van der Waals surface area contributed by atoms with Crippen molar-refractivity contribution in [1.29, 1.82) is 0 Å². The van der Waals surface area contributed by atoms with Crippen LogP contribution < -0.4 is 5.32 Å². The summed E-state index contributed by atoms with van der Waals surface area (Å²) in [6.07, 6.45) is 8.30. The molecule has 4 heteroatoms. The molecule has 2 aromatic rings. The molecule has 1 saturated carbocycles. The first-order valence-electron chi connectivity index (χ1n) is 8.38. The zero-order chi connectivity index (χ0) is 15.4. The molecule has 1 aromatic carbocycles. The van der Waals surface area contributed by atoms with Crippen LogP contribution in [-0.4, -0.2) is 27.7 Å². The van der Waals surface area contributed by atoms with E-state index in [1.807, 2.05) is 12.1 Å². The van der Waals surface area contributed by atoms with E-state index in [1.165, 1.54) is 24.8 Å². The van der Waals surface area contributed by atoms with Gasteiger partial charge in [0.15, 0.2) is 0 Å². The molecule has 0 radical (unpaired) electrons. The summed E-state index contributed by atoms with van der Waals surface area (Å²) in [6.45, 7) is 2.99. The molecule has 0 amide bonds. The standard InChI is InChI=1S/C18H25N3O/c1-13-6-4-9-15-17(13)18(21-12-20-15)19-11-5-8-14-7-2-3-10-16(14)22/h4,6,9,12,14,16,22H,2-3,5,7-8,10-11H2,1H3,(H,19,20,21). The summed E-state index contributed by atoms with van der Waals surface area (Å²) in [5, 5.41) is 14.6. The van der Waals surface area contributed by atoms with Crippen LogP contribution in [0.25, 0.3) is 10.9 Å². The Balaban J connectivity index is 1.58. The highest BCUT2D eigenvalue weighted by atomic mass is 16.3. The number of fused-ring (bicyclic) bond motifs is 1. The van der Waals surface area contributed by atoms with Crippen LogP contribution in [0.2, 0.25) is 0 Å². The maximum absolute atomic E-state index is 10.0. The first-order chi connectivity index (χ1) is 10.8. The number of hydrogen-bond donors (Lipinski definition) is 2. The van der Waals surface area contributed by atoms with Gasteiger partial charge >= 0.3 is 0 Å². The first kappa shape index (κ1) is 15.2. The number of nitrogens with one attached hydrogen (secondary N) is 1. The lowest BCUT2D eigenvalue weighted by atomic mass is 9.83. The maximum Gasteiger partial charge on any atom is 0.137 e. The predicted molar refractivity (Wildman–Crippen MR) is 90.0 cm³/mol. The number of nitrogens with zero attached hydrogens (tertiary/aromatic N) is 2. The number of aliphatic hydroxyl groups excluding tert-OH is 1. The lowest BCUT2D eigenvalue weighted by molar-refractivity contribution is 0.0648. The molecular formula is C18H25N3O. The number of aliphatic hydroxyl groups is 1. The fourth-order valence-electron chi connectivity index (χ4n) is 3.51. The molecule has 118 valence electrons. The molecule has 1 aliphatic rings. The van der Waals surface area contributed by atoms with Crippen LogP contribution in [0, 0.1) is 12.8 Å². The normalized spacial score (nSPS) is 21.9. The van der Waals surface area contributed by atoms with Crippen molar-refractivity contribution in [2.75, 3.05) is 11.9 Å². The maximum atomic E-state index is 10.0. The van der Waals surface area contributed by atoms with E-state index in [4.69, 9.17) is 0 Å². The van der Waals surface area contributed by atoms with E-state index in [9.17, 15) is 5.11 Å². The lowest BCUT2D eigenvalue weighted by Crippen LogP contribution is -2.24. The van der Waals surface area contributed by atoms with Crippen LogP contribution in [0.5, 0.6) is 0 Å². The van der Waals surface area contributed by atoms with Gasteiger partial charge in [0.2, 0.25) is 0 Å². The quantitative estimate of drug-likeness (QED) is 0.827. The fraction of sp³-hybridized carbons (Fsp3) is 0.556. The third kappa shape index (κ3) is 3.38. The largest absolute Gasteiger partial charge is 0.393 e. The number of aromatic nitrogens is 2. The zero-order valence-electron chi connectivity index (χ0n) is 13.3. The van der Waals surface area contributed by atoms with Crippen molar-refractivity contribution in [1.82, 2.24) is 9.97 Å². The van der Waals surface area contributed by atoms with Crippen molar-refractivity contribution in [2.45, 2.75) is 51.6 Å². The second-order valence-electron chi connectivity index (χ2n) is 6.37. The van der Waals surface area contributed by atoms with Crippen molar-refractivity contribution in [3.05, 3.63) is 30.1 Å². The molecule has 0 spiro atoms. The highest BCUT2D eigenvalue weighted by Gasteiger charge is 2.22. The summed E-state index contributed by atoms with van der Waals surface area (Å²) in [5.41, 5.74) is 2.18. The molecule has 0 aliphatic heterocycles. The Bertz CT molecular complexity index is 624. The molecule has 4 nitrogen and oxygen atoms in total. The van der Waals surface area contributed by atoms with Gasteiger partial charge in [-0.05, 0) is 50.2 Å². The average Bonchev–Trinajstić information content (AvgIpc) is 2.53. The molecule has 1 heterocycles. The summed E-state index contributed by atoms with van der Waals surface area (Å²) in [4.78, 5) is 8.73. The van der Waals surface area contributed by atoms with Crippen LogP contribution >= 0.6 is 0 Å². The third-order valence-corrected chi connectivity index (χ3v) is 4.78. The predicted octanol–water partition coefficient (Wildman–Crippen LogP) is 3.68. The van der Waals surface area contributed by atoms with E-state index in [0.29, 0.717) is 5.92 Å². The van der Waals surface area contributed by atoms with Gasteiger partial charge in [-0.1, -0.05) is 25.0 Å². The average molecular weight is 299 g/mol. The minimum absolute atomic E-state index is 0.0872. The van der Waals surface area contributed by atoms with Crippen LogP contribution in [-0.2, 0) is 0 Å². The van der Waals surface area contributed by atoms with Crippen molar-refractivity contribution in [3.63, 3.8) is 0 Å². The molecule has 0 bridgehead atoms. The van der Waals surface area contributed by atoms with Gasteiger partial charge in [-0.2, -0.15) is 0 Å². The van der Waals surface area contributed by atoms with Crippen LogP contribution in [0.15, 0.2) is 24.5 Å². The van der Waals surface area contributed by atoms with Crippen LogP contribution in [0.3, 0.4) is 0 Å². The highest BCUT2D eigenvalue weighted by Crippen LogP contribution is 2.28. The lowest BCUT2D eigenvalue weighted by Gasteiger charge is -2.27. The summed E-state index contributed by atoms with van der Waals surface area (Å²) in [6, 6.07) is 6.14. The summed E-state index contributed by atoms with van der Waals surface area (Å²) < 4.78 is 0.